The van der Waals surface area contributed by atoms with Crippen LogP contribution in [0.2, 0.25) is 0 Å². The third kappa shape index (κ3) is 2.34. The SMILES string of the molecule is CCn1c(-c2cccc(F)c2)cc(=S)[nH]c1=O. The van der Waals surface area contributed by atoms with Gasteiger partial charge in [0, 0.05) is 12.1 Å². The van der Waals surface area contributed by atoms with Crippen LogP contribution in [0.3, 0.4) is 0 Å². The van der Waals surface area contributed by atoms with Crippen LogP contribution in [0.25, 0.3) is 11.3 Å². The van der Waals surface area contributed by atoms with E-state index in [-0.39, 0.29) is 11.5 Å². The fourth-order valence-corrected chi connectivity index (χ4v) is 1.92. The molecule has 0 saturated carbocycles. The van der Waals surface area contributed by atoms with Crippen molar-refractivity contribution in [2.45, 2.75) is 13.5 Å². The van der Waals surface area contributed by atoms with Crippen molar-refractivity contribution in [1.29, 1.82) is 0 Å². The van der Waals surface area contributed by atoms with Crippen molar-refractivity contribution in [1.82, 2.24) is 9.55 Å². The number of hydrogen-bond acceptors (Lipinski definition) is 2. The maximum Gasteiger partial charge on any atom is 0.326 e. The van der Waals surface area contributed by atoms with Crippen LogP contribution in [-0.4, -0.2) is 9.55 Å². The Balaban J connectivity index is 2.74. The van der Waals surface area contributed by atoms with Crippen LogP contribution in [0, 0.1) is 10.5 Å². The molecule has 17 heavy (non-hydrogen) atoms. The van der Waals surface area contributed by atoms with Gasteiger partial charge in [0.05, 0.1) is 5.69 Å². The second-order valence-electron chi connectivity index (χ2n) is 3.58. The lowest BCUT2D eigenvalue weighted by atomic mass is 10.1. The van der Waals surface area contributed by atoms with Crippen molar-refractivity contribution >= 4 is 12.2 Å². The number of nitrogens with zero attached hydrogens (tertiary/aromatic N) is 1. The molecule has 0 saturated heterocycles. The van der Waals surface area contributed by atoms with Crippen LogP contribution in [0.15, 0.2) is 35.1 Å². The average molecular weight is 250 g/mol. The highest BCUT2D eigenvalue weighted by molar-refractivity contribution is 7.71. The number of aromatic nitrogens is 2. The first-order chi connectivity index (χ1) is 8.11. The minimum atomic E-state index is -0.337. The summed E-state index contributed by atoms with van der Waals surface area (Å²) in [4.78, 5) is 14.2. The van der Waals surface area contributed by atoms with E-state index in [0.717, 1.165) is 0 Å². The summed E-state index contributed by atoms with van der Waals surface area (Å²) in [5.41, 5.74) is 0.990. The zero-order valence-corrected chi connectivity index (χ0v) is 10.1. The summed E-state index contributed by atoms with van der Waals surface area (Å²) in [6, 6.07) is 7.76. The molecule has 1 N–H and O–H groups in total. The molecule has 0 spiro atoms. The van der Waals surface area contributed by atoms with Crippen LogP contribution >= 0.6 is 12.2 Å². The molecule has 0 radical (unpaired) electrons. The molecule has 1 aromatic heterocycles. The molecule has 0 unspecified atom stereocenters. The molecule has 0 amide bonds. The van der Waals surface area contributed by atoms with Gasteiger partial charge in [0.2, 0.25) is 0 Å². The van der Waals surface area contributed by atoms with Gasteiger partial charge in [0.15, 0.2) is 0 Å². The van der Waals surface area contributed by atoms with E-state index in [9.17, 15) is 9.18 Å². The zero-order valence-electron chi connectivity index (χ0n) is 9.24. The van der Waals surface area contributed by atoms with Gasteiger partial charge in [-0.1, -0.05) is 24.4 Å². The predicted molar refractivity (Wildman–Crippen MR) is 67.0 cm³/mol. The molecule has 2 aromatic rings. The summed E-state index contributed by atoms with van der Waals surface area (Å²) < 4.78 is 15.0. The fraction of sp³-hybridized carbons (Fsp3) is 0.167. The molecule has 0 atom stereocenters. The van der Waals surface area contributed by atoms with Crippen molar-refractivity contribution < 1.29 is 4.39 Å². The Morgan fingerprint density at radius 3 is 2.82 bits per heavy atom. The minimum Gasteiger partial charge on any atom is -0.298 e. The molecular formula is C12H11FN2OS. The molecule has 0 bridgehead atoms. The van der Waals surface area contributed by atoms with E-state index in [1.807, 2.05) is 6.92 Å². The third-order valence-electron chi connectivity index (χ3n) is 2.47. The number of aromatic amines is 1. The van der Waals surface area contributed by atoms with Crippen LogP contribution in [0.5, 0.6) is 0 Å². The maximum atomic E-state index is 13.2. The van der Waals surface area contributed by atoms with Crippen LogP contribution in [-0.2, 0) is 6.54 Å². The van der Waals surface area contributed by atoms with E-state index >= 15 is 0 Å². The van der Waals surface area contributed by atoms with Crippen molar-refractivity contribution in [2.75, 3.05) is 0 Å². The van der Waals surface area contributed by atoms with Gasteiger partial charge in [-0.25, -0.2) is 9.18 Å². The molecule has 2 rings (SSSR count). The highest BCUT2D eigenvalue weighted by atomic mass is 32.1. The lowest BCUT2D eigenvalue weighted by molar-refractivity contribution is 0.627. The van der Waals surface area contributed by atoms with E-state index in [2.05, 4.69) is 4.98 Å². The normalized spacial score (nSPS) is 10.5. The summed E-state index contributed by atoms with van der Waals surface area (Å²) in [6.07, 6.45) is 0. The van der Waals surface area contributed by atoms with Crippen molar-refractivity contribution in [2.24, 2.45) is 0 Å². The molecule has 1 aromatic carbocycles. The minimum absolute atomic E-state index is 0.278. The highest BCUT2D eigenvalue weighted by Gasteiger charge is 2.06. The van der Waals surface area contributed by atoms with Gasteiger partial charge < -0.3 is 0 Å². The monoisotopic (exact) mass is 250 g/mol. The molecule has 3 nitrogen and oxygen atoms in total. The zero-order chi connectivity index (χ0) is 12.4. The van der Waals surface area contributed by atoms with Gasteiger partial charge in [-0.2, -0.15) is 0 Å². The number of hydrogen-bond donors (Lipinski definition) is 1. The Morgan fingerprint density at radius 2 is 2.18 bits per heavy atom. The van der Waals surface area contributed by atoms with E-state index in [1.165, 1.54) is 16.7 Å². The Morgan fingerprint density at radius 1 is 1.41 bits per heavy atom. The third-order valence-corrected chi connectivity index (χ3v) is 2.69. The smallest absolute Gasteiger partial charge is 0.298 e. The average Bonchev–Trinajstić information content (AvgIpc) is 2.28. The summed E-state index contributed by atoms with van der Waals surface area (Å²) in [7, 11) is 0. The van der Waals surface area contributed by atoms with Gasteiger partial charge >= 0.3 is 5.69 Å². The van der Waals surface area contributed by atoms with Crippen LogP contribution in [0.1, 0.15) is 6.92 Å². The number of nitrogens with one attached hydrogen (secondary N) is 1. The Labute approximate surface area is 103 Å². The van der Waals surface area contributed by atoms with Gasteiger partial charge in [-0.05, 0) is 25.1 Å². The predicted octanol–water partition coefficient (Wildman–Crippen LogP) is 2.73. The summed E-state index contributed by atoms with van der Waals surface area (Å²) in [5.74, 6) is -0.337. The Hall–Kier alpha value is -1.75. The first-order valence-corrected chi connectivity index (χ1v) is 5.62. The maximum absolute atomic E-state index is 13.2. The summed E-state index contributed by atoms with van der Waals surface area (Å²) in [6.45, 7) is 2.35. The van der Waals surface area contributed by atoms with Gasteiger partial charge in [0.1, 0.15) is 10.5 Å². The molecule has 88 valence electrons. The molecule has 0 aliphatic rings. The quantitative estimate of drug-likeness (QED) is 0.832. The number of benzene rings is 1. The summed E-state index contributed by atoms with van der Waals surface area (Å²) in [5, 5.41) is 0. The Bertz CT molecular complexity index is 660. The standard InChI is InChI=1S/C12H11FN2OS/c1-2-15-10(7-11(17)14-12(15)16)8-4-3-5-9(13)6-8/h3-7H,2H2,1H3,(H,14,16,17). The van der Waals surface area contributed by atoms with Crippen LogP contribution < -0.4 is 5.69 Å². The second-order valence-corrected chi connectivity index (χ2v) is 4.02. The number of H-pyrrole nitrogens is 1. The molecule has 5 heteroatoms. The number of halogens is 1. The van der Waals surface area contributed by atoms with Gasteiger partial charge in [0.25, 0.3) is 0 Å². The van der Waals surface area contributed by atoms with E-state index < -0.39 is 0 Å². The summed E-state index contributed by atoms with van der Waals surface area (Å²) >= 11 is 4.96. The van der Waals surface area contributed by atoms with E-state index in [0.29, 0.717) is 22.4 Å². The second kappa shape index (κ2) is 4.63. The van der Waals surface area contributed by atoms with Gasteiger partial charge in [-0.15, -0.1) is 0 Å². The molecule has 0 aliphatic heterocycles. The largest absolute Gasteiger partial charge is 0.326 e. The van der Waals surface area contributed by atoms with E-state index in [4.69, 9.17) is 12.2 Å². The number of rotatable bonds is 2. The molecule has 0 fully saturated rings. The molecule has 0 aliphatic carbocycles. The molecular weight excluding hydrogens is 239 g/mol. The Kier molecular flexibility index (Phi) is 3.19. The fourth-order valence-electron chi connectivity index (χ4n) is 1.72. The first-order valence-electron chi connectivity index (χ1n) is 5.22. The lowest BCUT2D eigenvalue weighted by Gasteiger charge is -2.10. The van der Waals surface area contributed by atoms with Gasteiger partial charge in [-0.3, -0.25) is 9.55 Å². The first kappa shape index (κ1) is 11.7. The molecule has 1 heterocycles. The topological polar surface area (TPSA) is 37.8 Å². The van der Waals surface area contributed by atoms with Crippen molar-refractivity contribution in [3.05, 3.63) is 51.3 Å². The van der Waals surface area contributed by atoms with Crippen molar-refractivity contribution in [3.8, 4) is 11.3 Å². The van der Waals surface area contributed by atoms with Crippen molar-refractivity contribution in [3.63, 3.8) is 0 Å². The van der Waals surface area contributed by atoms with Crippen LogP contribution in [0.4, 0.5) is 4.39 Å². The van der Waals surface area contributed by atoms with E-state index in [1.54, 1.807) is 18.2 Å². The highest BCUT2D eigenvalue weighted by Crippen LogP contribution is 2.18. The lowest BCUT2D eigenvalue weighted by Crippen LogP contribution is -2.23.